The van der Waals surface area contributed by atoms with Gasteiger partial charge >= 0.3 is 0 Å². The maximum Gasteiger partial charge on any atom is 0.254 e. The first-order valence-electron chi connectivity index (χ1n) is 8.68. The predicted molar refractivity (Wildman–Crippen MR) is 107 cm³/mol. The molecule has 9 heteroatoms. The highest BCUT2D eigenvalue weighted by Crippen LogP contribution is 2.22. The molecule has 7 nitrogen and oxygen atoms in total. The molecule has 2 amide bonds. The Morgan fingerprint density at radius 2 is 1.82 bits per heavy atom. The number of amides is 2. The molecular weight excluding hydrogens is 402 g/mol. The maximum atomic E-state index is 12.5. The van der Waals surface area contributed by atoms with E-state index in [1.165, 1.54) is 36.2 Å². The van der Waals surface area contributed by atoms with Crippen LogP contribution in [-0.2, 0) is 14.8 Å². The molecular formula is C19H20ClN3O4S. The highest BCUT2D eigenvalue weighted by Gasteiger charge is 2.28. The van der Waals surface area contributed by atoms with Crippen molar-refractivity contribution in [2.24, 2.45) is 0 Å². The van der Waals surface area contributed by atoms with Crippen molar-refractivity contribution in [3.63, 3.8) is 0 Å². The molecule has 2 aromatic rings. The number of nitrogens with zero attached hydrogens (tertiary/aromatic N) is 1. The SMILES string of the molecule is CN(CC(=O)Nc1cccc(Cl)c1)C(=O)c1ccc(S(=O)(=O)NC2CC2)cc1. The van der Waals surface area contributed by atoms with E-state index in [-0.39, 0.29) is 29.3 Å². The standard InChI is InChI=1S/C19H20ClN3O4S/c1-23(12-18(24)21-16-4-2-3-14(20)11-16)19(25)13-5-9-17(10-6-13)28(26,27)22-15-7-8-15/h2-6,9-11,15,22H,7-8,12H2,1H3,(H,21,24). The zero-order chi connectivity index (χ0) is 20.3. The van der Waals surface area contributed by atoms with E-state index in [2.05, 4.69) is 10.0 Å². The van der Waals surface area contributed by atoms with Gasteiger partial charge in [0.15, 0.2) is 0 Å². The first-order valence-corrected chi connectivity index (χ1v) is 10.5. The lowest BCUT2D eigenvalue weighted by molar-refractivity contribution is -0.116. The second-order valence-corrected chi connectivity index (χ2v) is 8.79. The summed E-state index contributed by atoms with van der Waals surface area (Å²) in [6, 6.07) is 12.4. The van der Waals surface area contributed by atoms with Gasteiger partial charge in [0.05, 0.1) is 11.4 Å². The van der Waals surface area contributed by atoms with Crippen molar-refractivity contribution in [3.05, 3.63) is 59.1 Å². The third-order valence-electron chi connectivity index (χ3n) is 4.15. The molecule has 1 fully saturated rings. The van der Waals surface area contributed by atoms with Crippen molar-refractivity contribution in [3.8, 4) is 0 Å². The average Bonchev–Trinajstić information content (AvgIpc) is 3.44. The monoisotopic (exact) mass is 421 g/mol. The maximum absolute atomic E-state index is 12.5. The first-order chi connectivity index (χ1) is 13.2. The van der Waals surface area contributed by atoms with E-state index < -0.39 is 10.0 Å². The fourth-order valence-electron chi connectivity index (χ4n) is 2.54. The number of carbonyl (C=O) groups is 2. The zero-order valence-corrected chi connectivity index (χ0v) is 16.8. The Morgan fingerprint density at radius 3 is 2.43 bits per heavy atom. The smallest absolute Gasteiger partial charge is 0.254 e. The molecule has 0 atom stereocenters. The van der Waals surface area contributed by atoms with E-state index in [4.69, 9.17) is 11.6 Å². The number of halogens is 1. The zero-order valence-electron chi connectivity index (χ0n) is 15.2. The Balaban J connectivity index is 1.60. The Labute approximate surface area is 168 Å². The van der Waals surface area contributed by atoms with Crippen LogP contribution in [0.4, 0.5) is 5.69 Å². The molecule has 0 aliphatic heterocycles. The summed E-state index contributed by atoms with van der Waals surface area (Å²) < 4.78 is 26.9. The van der Waals surface area contributed by atoms with Crippen LogP contribution in [0.15, 0.2) is 53.4 Å². The van der Waals surface area contributed by atoms with Crippen LogP contribution in [0.5, 0.6) is 0 Å². The molecule has 0 spiro atoms. The topological polar surface area (TPSA) is 95.6 Å². The number of hydrogen-bond donors (Lipinski definition) is 2. The third kappa shape index (κ3) is 5.31. The third-order valence-corrected chi connectivity index (χ3v) is 5.92. The molecule has 0 unspecified atom stereocenters. The van der Waals surface area contributed by atoms with Crippen LogP contribution >= 0.6 is 11.6 Å². The molecule has 0 saturated heterocycles. The summed E-state index contributed by atoms with van der Waals surface area (Å²) >= 11 is 5.88. The second-order valence-electron chi connectivity index (χ2n) is 6.64. The fraction of sp³-hybridized carbons (Fsp3) is 0.263. The van der Waals surface area contributed by atoms with Crippen molar-refractivity contribution >= 4 is 39.1 Å². The summed E-state index contributed by atoms with van der Waals surface area (Å²) in [5.74, 6) is -0.758. The highest BCUT2D eigenvalue weighted by atomic mass is 35.5. The lowest BCUT2D eigenvalue weighted by Gasteiger charge is -2.17. The van der Waals surface area contributed by atoms with Crippen LogP contribution < -0.4 is 10.0 Å². The van der Waals surface area contributed by atoms with Gasteiger partial charge in [0, 0.05) is 29.4 Å². The van der Waals surface area contributed by atoms with Crippen LogP contribution in [0.2, 0.25) is 5.02 Å². The molecule has 28 heavy (non-hydrogen) atoms. The molecule has 1 saturated carbocycles. The molecule has 3 rings (SSSR count). The van der Waals surface area contributed by atoms with Crippen LogP contribution in [-0.4, -0.2) is 44.8 Å². The molecule has 2 aromatic carbocycles. The molecule has 1 aliphatic rings. The van der Waals surface area contributed by atoms with Crippen molar-refractivity contribution in [2.75, 3.05) is 18.9 Å². The summed E-state index contributed by atoms with van der Waals surface area (Å²) in [6.07, 6.45) is 1.69. The van der Waals surface area contributed by atoms with Crippen molar-refractivity contribution in [2.45, 2.75) is 23.8 Å². The summed E-state index contributed by atoms with van der Waals surface area (Å²) in [7, 11) is -2.07. The van der Waals surface area contributed by atoms with Gasteiger partial charge in [-0.25, -0.2) is 13.1 Å². The summed E-state index contributed by atoms with van der Waals surface area (Å²) in [4.78, 5) is 26.0. The van der Waals surface area contributed by atoms with Crippen LogP contribution in [0.1, 0.15) is 23.2 Å². The quantitative estimate of drug-likeness (QED) is 0.717. The van der Waals surface area contributed by atoms with Crippen molar-refractivity contribution in [1.82, 2.24) is 9.62 Å². The van der Waals surface area contributed by atoms with Gasteiger partial charge in [-0.1, -0.05) is 17.7 Å². The van der Waals surface area contributed by atoms with Gasteiger partial charge in [-0.05, 0) is 55.3 Å². The van der Waals surface area contributed by atoms with Crippen LogP contribution in [0.25, 0.3) is 0 Å². The number of sulfonamides is 1. The first kappa shape index (κ1) is 20.3. The summed E-state index contributed by atoms with van der Waals surface area (Å²) in [6.45, 7) is -0.158. The van der Waals surface area contributed by atoms with Crippen molar-refractivity contribution in [1.29, 1.82) is 0 Å². The number of benzene rings is 2. The molecule has 0 bridgehead atoms. The fourth-order valence-corrected chi connectivity index (χ4v) is 4.03. The lowest BCUT2D eigenvalue weighted by Crippen LogP contribution is -2.35. The molecule has 148 valence electrons. The Kier molecular flexibility index (Phi) is 6.02. The number of hydrogen-bond acceptors (Lipinski definition) is 4. The number of anilines is 1. The van der Waals surface area contributed by atoms with Gasteiger partial charge in [-0.15, -0.1) is 0 Å². The summed E-state index contributed by atoms with van der Waals surface area (Å²) in [5.41, 5.74) is 0.833. The minimum Gasteiger partial charge on any atom is -0.332 e. The minimum absolute atomic E-state index is 0.00968. The van der Waals surface area contributed by atoms with Crippen molar-refractivity contribution < 1.29 is 18.0 Å². The van der Waals surface area contributed by atoms with Gasteiger partial charge in [-0.2, -0.15) is 0 Å². The van der Waals surface area contributed by atoms with E-state index in [0.29, 0.717) is 16.3 Å². The Hall–Kier alpha value is -2.42. The Morgan fingerprint density at radius 1 is 1.14 bits per heavy atom. The predicted octanol–water partition coefficient (Wildman–Crippen LogP) is 2.49. The van der Waals surface area contributed by atoms with Gasteiger partial charge < -0.3 is 10.2 Å². The molecule has 2 N–H and O–H groups in total. The normalized spacial score (nSPS) is 13.8. The van der Waals surface area contributed by atoms with E-state index in [0.717, 1.165) is 12.8 Å². The van der Waals surface area contributed by atoms with Gasteiger partial charge in [-0.3, -0.25) is 9.59 Å². The van der Waals surface area contributed by atoms with Gasteiger partial charge in [0.2, 0.25) is 15.9 Å². The second kappa shape index (κ2) is 8.30. The van der Waals surface area contributed by atoms with E-state index >= 15 is 0 Å². The largest absolute Gasteiger partial charge is 0.332 e. The highest BCUT2D eigenvalue weighted by molar-refractivity contribution is 7.89. The Bertz CT molecular complexity index is 988. The molecule has 0 aromatic heterocycles. The number of likely N-dealkylation sites (N-methyl/N-ethyl adjacent to an activating group) is 1. The van der Waals surface area contributed by atoms with Gasteiger partial charge in [0.1, 0.15) is 0 Å². The lowest BCUT2D eigenvalue weighted by atomic mass is 10.2. The minimum atomic E-state index is -3.57. The molecule has 1 aliphatic carbocycles. The number of nitrogens with one attached hydrogen (secondary N) is 2. The molecule has 0 heterocycles. The average molecular weight is 422 g/mol. The van der Waals surface area contributed by atoms with E-state index in [1.807, 2.05) is 0 Å². The van der Waals surface area contributed by atoms with E-state index in [9.17, 15) is 18.0 Å². The number of rotatable bonds is 7. The number of carbonyl (C=O) groups excluding carboxylic acids is 2. The van der Waals surface area contributed by atoms with Gasteiger partial charge in [0.25, 0.3) is 5.91 Å². The van der Waals surface area contributed by atoms with E-state index in [1.54, 1.807) is 24.3 Å². The summed E-state index contributed by atoms with van der Waals surface area (Å²) in [5, 5.41) is 3.16. The van der Waals surface area contributed by atoms with Crippen LogP contribution in [0, 0.1) is 0 Å². The van der Waals surface area contributed by atoms with Crippen LogP contribution in [0.3, 0.4) is 0 Å². The molecule has 0 radical (unpaired) electrons.